The van der Waals surface area contributed by atoms with Gasteiger partial charge in [-0.15, -0.1) is 11.6 Å². The Morgan fingerprint density at radius 3 is 2.81 bits per heavy atom. The number of pyridine rings is 1. The zero-order valence-corrected chi connectivity index (χ0v) is 9.20. The maximum atomic E-state index is 11.5. The maximum absolute atomic E-state index is 11.5. The zero-order chi connectivity index (χ0) is 11.5. The highest BCUT2D eigenvalue weighted by Crippen LogP contribution is 2.15. The first-order chi connectivity index (χ1) is 7.70. The van der Waals surface area contributed by atoms with Gasteiger partial charge in [-0.05, 0) is 11.6 Å². The largest absolute Gasteiger partial charge is 0.329 e. The summed E-state index contributed by atoms with van der Waals surface area (Å²) in [5.41, 5.74) is 0.888. The maximum Gasteiger partial charge on any atom is 0.329 e. The summed E-state index contributed by atoms with van der Waals surface area (Å²) in [7, 11) is 0. The Kier molecular flexibility index (Phi) is 3.05. The van der Waals surface area contributed by atoms with Crippen molar-refractivity contribution < 1.29 is 9.59 Å². The Bertz CT molecular complexity index is 419. The topological polar surface area (TPSA) is 62.3 Å². The number of hydrogen-bond acceptors (Lipinski definition) is 3. The zero-order valence-electron chi connectivity index (χ0n) is 8.44. The lowest BCUT2D eigenvalue weighted by molar-refractivity contribution is -0.120. The first kappa shape index (κ1) is 10.9. The standard InChI is InChI=1S/C10H10ClN3O2/c11-5-7-1-2-8(12-6-7)14-4-3-9(15)13-10(14)16/h1-2,6H,3-5H2,(H,13,15,16). The summed E-state index contributed by atoms with van der Waals surface area (Å²) in [6, 6.07) is 3.09. The second-order valence-electron chi connectivity index (χ2n) is 3.41. The normalized spacial score (nSPS) is 16.2. The fourth-order valence-electron chi connectivity index (χ4n) is 1.44. The molecule has 1 aromatic rings. The van der Waals surface area contributed by atoms with E-state index in [-0.39, 0.29) is 5.91 Å². The van der Waals surface area contributed by atoms with E-state index in [0.717, 1.165) is 5.56 Å². The van der Waals surface area contributed by atoms with Crippen LogP contribution in [0.2, 0.25) is 0 Å². The van der Waals surface area contributed by atoms with Crippen molar-refractivity contribution in [3.63, 3.8) is 0 Å². The number of carbonyl (C=O) groups excluding carboxylic acids is 2. The summed E-state index contributed by atoms with van der Waals surface area (Å²) in [4.78, 5) is 28.0. The molecule has 2 rings (SSSR count). The van der Waals surface area contributed by atoms with Gasteiger partial charge in [0.25, 0.3) is 0 Å². The summed E-state index contributed by atoms with van der Waals surface area (Å²) in [5, 5.41) is 2.24. The van der Waals surface area contributed by atoms with Gasteiger partial charge in [0.1, 0.15) is 5.82 Å². The Balaban J connectivity index is 2.17. The van der Waals surface area contributed by atoms with Crippen LogP contribution in [0.3, 0.4) is 0 Å². The number of alkyl halides is 1. The number of halogens is 1. The van der Waals surface area contributed by atoms with Gasteiger partial charge in [-0.2, -0.15) is 0 Å². The van der Waals surface area contributed by atoms with Crippen molar-refractivity contribution >= 4 is 29.4 Å². The molecule has 84 valence electrons. The lowest BCUT2D eigenvalue weighted by Crippen LogP contribution is -2.49. The molecule has 3 amide bonds. The minimum atomic E-state index is -0.428. The molecule has 1 aliphatic heterocycles. The van der Waals surface area contributed by atoms with Crippen LogP contribution in [0, 0.1) is 0 Å². The molecule has 0 atom stereocenters. The number of nitrogens with zero attached hydrogens (tertiary/aromatic N) is 2. The number of aromatic nitrogens is 1. The van der Waals surface area contributed by atoms with E-state index in [0.29, 0.717) is 24.7 Å². The Hall–Kier alpha value is -1.62. The number of imide groups is 1. The van der Waals surface area contributed by atoms with E-state index >= 15 is 0 Å². The summed E-state index contributed by atoms with van der Waals surface area (Å²) < 4.78 is 0. The van der Waals surface area contributed by atoms with E-state index < -0.39 is 6.03 Å². The Morgan fingerprint density at radius 1 is 1.44 bits per heavy atom. The quantitative estimate of drug-likeness (QED) is 0.791. The average Bonchev–Trinajstić information content (AvgIpc) is 2.29. The lowest BCUT2D eigenvalue weighted by atomic mass is 10.2. The molecule has 1 saturated heterocycles. The molecule has 2 heterocycles. The molecule has 0 aromatic carbocycles. The molecule has 16 heavy (non-hydrogen) atoms. The van der Waals surface area contributed by atoms with Crippen molar-refractivity contribution in [1.82, 2.24) is 10.3 Å². The van der Waals surface area contributed by atoms with E-state index in [1.165, 1.54) is 4.90 Å². The molecule has 1 aromatic heterocycles. The lowest BCUT2D eigenvalue weighted by Gasteiger charge is -2.25. The van der Waals surface area contributed by atoms with Crippen LogP contribution in [-0.4, -0.2) is 23.5 Å². The number of rotatable bonds is 2. The summed E-state index contributed by atoms with van der Waals surface area (Å²) >= 11 is 5.64. The van der Waals surface area contributed by atoms with Crippen molar-refractivity contribution in [2.24, 2.45) is 0 Å². The molecule has 6 heteroatoms. The van der Waals surface area contributed by atoms with E-state index in [9.17, 15) is 9.59 Å². The monoisotopic (exact) mass is 239 g/mol. The summed E-state index contributed by atoms with van der Waals surface area (Å²) in [6.45, 7) is 0.359. The minimum Gasteiger partial charge on any atom is -0.278 e. The third-order valence-electron chi connectivity index (χ3n) is 2.29. The molecule has 0 saturated carbocycles. The van der Waals surface area contributed by atoms with Crippen LogP contribution in [0.15, 0.2) is 18.3 Å². The van der Waals surface area contributed by atoms with E-state index in [2.05, 4.69) is 10.3 Å². The van der Waals surface area contributed by atoms with Crippen LogP contribution in [0.25, 0.3) is 0 Å². The van der Waals surface area contributed by atoms with E-state index in [1.54, 1.807) is 18.3 Å². The van der Waals surface area contributed by atoms with E-state index in [1.807, 2.05) is 0 Å². The molecular weight excluding hydrogens is 230 g/mol. The van der Waals surface area contributed by atoms with Crippen molar-refractivity contribution in [2.45, 2.75) is 12.3 Å². The average molecular weight is 240 g/mol. The van der Waals surface area contributed by atoms with Gasteiger partial charge in [-0.25, -0.2) is 9.78 Å². The summed E-state index contributed by atoms with van der Waals surface area (Å²) in [6.07, 6.45) is 1.91. The van der Waals surface area contributed by atoms with Gasteiger partial charge < -0.3 is 0 Å². The number of urea groups is 1. The number of hydrogen-bond donors (Lipinski definition) is 1. The number of nitrogens with one attached hydrogen (secondary N) is 1. The van der Waals surface area contributed by atoms with Crippen LogP contribution in [0.1, 0.15) is 12.0 Å². The van der Waals surface area contributed by atoms with Crippen molar-refractivity contribution in [3.8, 4) is 0 Å². The molecule has 0 spiro atoms. The number of carbonyl (C=O) groups is 2. The van der Waals surface area contributed by atoms with Crippen LogP contribution >= 0.6 is 11.6 Å². The van der Waals surface area contributed by atoms with Gasteiger partial charge in [-0.3, -0.25) is 15.0 Å². The smallest absolute Gasteiger partial charge is 0.278 e. The molecule has 0 unspecified atom stereocenters. The van der Waals surface area contributed by atoms with Crippen molar-refractivity contribution in [1.29, 1.82) is 0 Å². The number of anilines is 1. The molecule has 5 nitrogen and oxygen atoms in total. The highest BCUT2D eigenvalue weighted by Gasteiger charge is 2.24. The highest BCUT2D eigenvalue weighted by molar-refractivity contribution is 6.17. The predicted octanol–water partition coefficient (Wildman–Crippen LogP) is 1.27. The third kappa shape index (κ3) is 2.14. The molecule has 1 N–H and O–H groups in total. The molecular formula is C10H10ClN3O2. The Labute approximate surface area is 97.4 Å². The first-order valence-corrected chi connectivity index (χ1v) is 5.36. The molecule has 0 aliphatic carbocycles. The van der Waals surface area contributed by atoms with E-state index in [4.69, 9.17) is 11.6 Å². The Morgan fingerprint density at radius 2 is 2.25 bits per heavy atom. The predicted molar refractivity (Wildman–Crippen MR) is 59.3 cm³/mol. The van der Waals surface area contributed by atoms with Gasteiger partial charge >= 0.3 is 6.03 Å². The molecule has 1 fully saturated rings. The molecule has 1 aliphatic rings. The van der Waals surface area contributed by atoms with Crippen molar-refractivity contribution in [3.05, 3.63) is 23.9 Å². The SMILES string of the molecule is O=C1CCN(c2ccc(CCl)cn2)C(=O)N1. The minimum absolute atomic E-state index is 0.251. The fraction of sp³-hybridized carbons (Fsp3) is 0.300. The molecule has 0 radical (unpaired) electrons. The van der Waals surface area contributed by atoms with Crippen LogP contribution in [0.5, 0.6) is 0 Å². The fourth-order valence-corrected chi connectivity index (χ4v) is 1.60. The van der Waals surface area contributed by atoms with Gasteiger partial charge in [0.05, 0.1) is 0 Å². The van der Waals surface area contributed by atoms with Gasteiger partial charge in [0, 0.05) is 25.0 Å². The number of amides is 3. The van der Waals surface area contributed by atoms with Crippen LogP contribution in [-0.2, 0) is 10.7 Å². The van der Waals surface area contributed by atoms with Crippen LogP contribution < -0.4 is 10.2 Å². The first-order valence-electron chi connectivity index (χ1n) is 4.83. The van der Waals surface area contributed by atoms with Gasteiger partial charge in [0.2, 0.25) is 5.91 Å². The van der Waals surface area contributed by atoms with Crippen LogP contribution in [0.4, 0.5) is 10.6 Å². The molecule has 0 bridgehead atoms. The highest BCUT2D eigenvalue weighted by atomic mass is 35.5. The second kappa shape index (κ2) is 4.49. The van der Waals surface area contributed by atoms with Crippen molar-refractivity contribution in [2.75, 3.05) is 11.4 Å². The van der Waals surface area contributed by atoms with Gasteiger partial charge in [-0.1, -0.05) is 6.07 Å². The third-order valence-corrected chi connectivity index (χ3v) is 2.60. The second-order valence-corrected chi connectivity index (χ2v) is 3.68. The summed E-state index contributed by atoms with van der Waals surface area (Å²) in [5.74, 6) is 0.662. The van der Waals surface area contributed by atoms with Gasteiger partial charge in [0.15, 0.2) is 0 Å².